The summed E-state index contributed by atoms with van der Waals surface area (Å²) in [6.07, 6.45) is 0. The lowest BCUT2D eigenvalue weighted by molar-refractivity contribution is -0.620. The molecule has 2 rings (SSSR count). The molecule has 3 N–H and O–H groups in total. The predicted molar refractivity (Wildman–Crippen MR) is 53.2 cm³/mol. The largest absolute Gasteiger partial charge is 0.710 e. The number of nitrogens with zero attached hydrogens (tertiary/aromatic N) is 2. The van der Waals surface area contributed by atoms with Gasteiger partial charge >= 0.3 is 17.5 Å². The number of carboxylic acids is 1. The van der Waals surface area contributed by atoms with Crippen molar-refractivity contribution in [2.45, 2.75) is 0 Å². The molecule has 2 aromatic rings. The summed E-state index contributed by atoms with van der Waals surface area (Å²) in [5.41, 5.74) is 4.52. The Morgan fingerprint density at radius 2 is 1.69 bits per heavy atom. The molecule has 0 fully saturated rings. The maximum absolute atomic E-state index is 11.6. The predicted octanol–water partition coefficient (Wildman–Crippen LogP) is -0.613. The van der Waals surface area contributed by atoms with Gasteiger partial charge in [-0.2, -0.15) is 0 Å². The van der Waals surface area contributed by atoms with Crippen LogP contribution in [0.25, 0.3) is 11.0 Å². The molecule has 82 valence electrons. The van der Waals surface area contributed by atoms with E-state index in [4.69, 9.17) is 10.8 Å². The van der Waals surface area contributed by atoms with Gasteiger partial charge in [-0.05, 0) is 6.07 Å². The summed E-state index contributed by atoms with van der Waals surface area (Å²) in [4.78, 5) is 10.8. The molecule has 0 aliphatic rings. The van der Waals surface area contributed by atoms with E-state index >= 15 is 0 Å². The van der Waals surface area contributed by atoms with Crippen LogP contribution in [0.15, 0.2) is 24.3 Å². The van der Waals surface area contributed by atoms with E-state index < -0.39 is 17.5 Å². The zero-order valence-corrected chi connectivity index (χ0v) is 7.95. The molecule has 1 heterocycles. The van der Waals surface area contributed by atoms with Gasteiger partial charge in [0.1, 0.15) is 0 Å². The molecular formula is C9H7N3O4. The van der Waals surface area contributed by atoms with Crippen LogP contribution in [0.3, 0.4) is 0 Å². The Bertz CT molecular complexity index is 597. The number of aromatic nitrogens is 2. The maximum atomic E-state index is 11.6. The summed E-state index contributed by atoms with van der Waals surface area (Å²) >= 11 is 0. The first-order valence-corrected chi connectivity index (χ1v) is 4.30. The Kier molecular flexibility index (Phi) is 2.01. The number of carbonyl (C=O) groups is 1. The zero-order chi connectivity index (χ0) is 11.9. The lowest BCUT2D eigenvalue weighted by Crippen LogP contribution is -2.46. The number of carboxylic acid groups (broad SMARTS) is 1. The van der Waals surface area contributed by atoms with Crippen LogP contribution in [0.1, 0.15) is 10.5 Å². The van der Waals surface area contributed by atoms with Crippen molar-refractivity contribution in [1.29, 1.82) is 0 Å². The van der Waals surface area contributed by atoms with Gasteiger partial charge in [0, 0.05) is 6.07 Å². The topological polar surface area (TPSA) is 117 Å². The number of aromatic carboxylic acids is 1. The highest BCUT2D eigenvalue weighted by Crippen LogP contribution is 2.09. The summed E-state index contributed by atoms with van der Waals surface area (Å²) in [5.74, 6) is -2.16. The van der Waals surface area contributed by atoms with Crippen LogP contribution in [0.2, 0.25) is 0 Å². The molecule has 0 unspecified atom stereocenters. The van der Waals surface area contributed by atoms with Crippen LogP contribution in [-0.4, -0.2) is 11.1 Å². The molecule has 0 spiro atoms. The van der Waals surface area contributed by atoms with Gasteiger partial charge in [0.25, 0.3) is 5.52 Å². The van der Waals surface area contributed by atoms with Gasteiger partial charge in [-0.3, -0.25) is 5.73 Å². The minimum atomic E-state index is -1.54. The number of anilines is 1. The molecular weight excluding hydrogens is 214 g/mol. The minimum Gasteiger partial charge on any atom is -0.710 e. The third-order valence-corrected chi connectivity index (χ3v) is 2.19. The Balaban J connectivity index is 3.00. The van der Waals surface area contributed by atoms with Gasteiger partial charge in [-0.25, -0.2) is 9.52 Å². The van der Waals surface area contributed by atoms with Crippen LogP contribution < -0.4 is 15.2 Å². The van der Waals surface area contributed by atoms with E-state index in [-0.39, 0.29) is 20.5 Å². The fraction of sp³-hybridized carbons (Fsp3) is 0. The smallest absolute Gasteiger partial charge is 0.411 e. The van der Waals surface area contributed by atoms with Crippen molar-refractivity contribution >= 4 is 22.8 Å². The summed E-state index contributed by atoms with van der Waals surface area (Å²) in [6.45, 7) is 0. The second-order valence-electron chi connectivity index (χ2n) is 3.12. The van der Waals surface area contributed by atoms with Crippen molar-refractivity contribution in [3.63, 3.8) is 0 Å². The van der Waals surface area contributed by atoms with E-state index in [0.717, 1.165) is 0 Å². The first-order valence-electron chi connectivity index (χ1n) is 4.30. The number of nitrogens with two attached hydrogens (primary N) is 1. The normalized spacial score (nSPS) is 10.5. The molecule has 0 amide bonds. The van der Waals surface area contributed by atoms with Crippen LogP contribution in [0.4, 0.5) is 5.82 Å². The van der Waals surface area contributed by atoms with Crippen molar-refractivity contribution in [3.05, 3.63) is 40.4 Å². The standard InChI is InChI=1S/C9H7N3O4/c10-8-7(9(13)14)11(15)5-3-1-2-4-6(5)12(8)16/h1-4H,10H2,(H,13,14). The Labute approximate surface area is 89.1 Å². The Hall–Kier alpha value is -2.57. The van der Waals surface area contributed by atoms with Gasteiger partial charge in [0.15, 0.2) is 0 Å². The number of rotatable bonds is 1. The molecule has 1 aromatic heterocycles. The fourth-order valence-corrected chi connectivity index (χ4v) is 1.45. The fourth-order valence-electron chi connectivity index (χ4n) is 1.45. The van der Waals surface area contributed by atoms with Gasteiger partial charge in [-0.1, -0.05) is 12.1 Å². The summed E-state index contributed by atoms with van der Waals surface area (Å²) in [7, 11) is 0. The number of fused-ring (bicyclic) bond motifs is 1. The zero-order valence-electron chi connectivity index (χ0n) is 7.95. The van der Waals surface area contributed by atoms with Gasteiger partial charge in [0.05, 0.1) is 0 Å². The van der Waals surface area contributed by atoms with Crippen molar-refractivity contribution in [1.82, 2.24) is 0 Å². The average Bonchev–Trinajstić information content (AvgIpc) is 2.26. The molecule has 0 atom stereocenters. The number of para-hydroxylation sites is 2. The highest BCUT2D eigenvalue weighted by atomic mass is 16.5. The monoisotopic (exact) mass is 221 g/mol. The van der Waals surface area contributed by atoms with E-state index in [0.29, 0.717) is 0 Å². The molecule has 0 aliphatic carbocycles. The molecule has 1 aromatic carbocycles. The van der Waals surface area contributed by atoms with Crippen LogP contribution in [0, 0.1) is 10.4 Å². The number of hydrogen-bond donors (Lipinski definition) is 2. The number of benzene rings is 1. The van der Waals surface area contributed by atoms with E-state index in [1.165, 1.54) is 18.2 Å². The summed E-state index contributed by atoms with van der Waals surface area (Å²) in [5, 5.41) is 32.0. The van der Waals surface area contributed by atoms with E-state index in [1.807, 2.05) is 0 Å². The highest BCUT2D eigenvalue weighted by Gasteiger charge is 2.29. The van der Waals surface area contributed by atoms with Crippen molar-refractivity contribution < 1.29 is 19.4 Å². The molecule has 0 radical (unpaired) electrons. The Morgan fingerprint density at radius 3 is 2.19 bits per heavy atom. The molecule has 7 heteroatoms. The summed E-state index contributed by atoms with van der Waals surface area (Å²) < 4.78 is 0.370. The highest BCUT2D eigenvalue weighted by molar-refractivity contribution is 5.89. The molecule has 7 nitrogen and oxygen atoms in total. The molecule has 0 bridgehead atoms. The second kappa shape index (κ2) is 3.23. The molecule has 16 heavy (non-hydrogen) atoms. The van der Waals surface area contributed by atoms with Crippen molar-refractivity contribution in [2.75, 3.05) is 5.73 Å². The van der Waals surface area contributed by atoms with Crippen LogP contribution in [0.5, 0.6) is 0 Å². The van der Waals surface area contributed by atoms with E-state index in [1.54, 1.807) is 6.07 Å². The lowest BCUT2D eigenvalue weighted by Gasteiger charge is -2.10. The lowest BCUT2D eigenvalue weighted by atomic mass is 10.3. The summed E-state index contributed by atoms with van der Waals surface area (Å²) in [6, 6.07) is 5.82. The number of nitrogen functional groups attached to an aromatic ring is 1. The molecule has 0 saturated heterocycles. The van der Waals surface area contributed by atoms with Crippen molar-refractivity contribution in [2.24, 2.45) is 0 Å². The molecule has 0 saturated carbocycles. The SMILES string of the molecule is Nc1c(C(=O)O)[n+]([O-])c2ccccc2[n+]1[O-]. The Morgan fingerprint density at radius 1 is 1.19 bits per heavy atom. The van der Waals surface area contributed by atoms with Crippen LogP contribution in [-0.2, 0) is 0 Å². The average molecular weight is 221 g/mol. The quantitative estimate of drug-likeness (QED) is 0.491. The van der Waals surface area contributed by atoms with Crippen molar-refractivity contribution in [3.8, 4) is 0 Å². The van der Waals surface area contributed by atoms with Crippen LogP contribution >= 0.6 is 0 Å². The number of hydrogen-bond acceptors (Lipinski definition) is 4. The first-order chi connectivity index (χ1) is 7.54. The third-order valence-electron chi connectivity index (χ3n) is 2.19. The third kappa shape index (κ3) is 1.18. The first kappa shape index (κ1) is 9.97. The van der Waals surface area contributed by atoms with Gasteiger partial charge in [0.2, 0.25) is 5.52 Å². The minimum absolute atomic E-state index is 0.0278. The molecule has 0 aliphatic heterocycles. The van der Waals surface area contributed by atoms with Gasteiger partial charge in [-0.15, -0.1) is 4.73 Å². The van der Waals surface area contributed by atoms with E-state index in [9.17, 15) is 15.2 Å². The van der Waals surface area contributed by atoms with Gasteiger partial charge < -0.3 is 15.5 Å². The second-order valence-corrected chi connectivity index (χ2v) is 3.12. The van der Waals surface area contributed by atoms with E-state index in [2.05, 4.69) is 0 Å². The maximum Gasteiger partial charge on any atom is 0.411 e.